The summed E-state index contributed by atoms with van der Waals surface area (Å²) in [5.41, 5.74) is 0. The molecule has 0 atom stereocenters. The van der Waals surface area contributed by atoms with Gasteiger partial charge in [0.25, 0.3) is 0 Å². The maximum atomic E-state index is 4.87. The molecule has 0 bridgehead atoms. The van der Waals surface area contributed by atoms with Crippen LogP contribution in [-0.2, 0) is 4.84 Å². The van der Waals surface area contributed by atoms with Gasteiger partial charge in [0.2, 0.25) is 0 Å². The number of allylic oxidation sites excluding steroid dienone is 2. The van der Waals surface area contributed by atoms with Crippen LogP contribution in [0.1, 0.15) is 19.3 Å². The summed E-state index contributed by atoms with van der Waals surface area (Å²) in [6.45, 7) is 0. The molecular weight excluding hydrogens is 90.1 g/mol. The van der Waals surface area contributed by atoms with Crippen LogP contribution in [0.25, 0.3) is 0 Å². The largest absolute Gasteiger partial charge is 0.416 e. The molecule has 2 N–H and O–H groups in total. The van der Waals surface area contributed by atoms with Crippen LogP contribution >= 0.6 is 0 Å². The van der Waals surface area contributed by atoms with Gasteiger partial charge < -0.3 is 4.84 Å². The molecule has 2 heteroatoms. The van der Waals surface area contributed by atoms with E-state index in [-0.39, 0.29) is 0 Å². The Labute approximate surface area is 42.9 Å². The molecule has 0 saturated heterocycles. The topological polar surface area (TPSA) is 35.2 Å². The van der Waals surface area contributed by atoms with Crippen LogP contribution in [-0.4, -0.2) is 0 Å². The van der Waals surface area contributed by atoms with Crippen molar-refractivity contribution in [2.75, 3.05) is 0 Å². The van der Waals surface area contributed by atoms with E-state index in [1.165, 1.54) is 6.42 Å². The predicted molar refractivity (Wildman–Crippen MR) is 27.2 cm³/mol. The zero-order valence-electron chi connectivity index (χ0n) is 4.18. The minimum absolute atomic E-state index is 0.944. The van der Waals surface area contributed by atoms with Crippen LogP contribution in [0.2, 0.25) is 0 Å². The second-order valence-electron chi connectivity index (χ2n) is 1.68. The van der Waals surface area contributed by atoms with Gasteiger partial charge in [-0.25, -0.2) is 0 Å². The minimum Gasteiger partial charge on any atom is -0.416 e. The van der Waals surface area contributed by atoms with Crippen molar-refractivity contribution in [3.05, 3.63) is 11.8 Å². The summed E-state index contributed by atoms with van der Waals surface area (Å²) >= 11 is 0. The first-order valence-corrected chi connectivity index (χ1v) is 2.49. The van der Waals surface area contributed by atoms with Gasteiger partial charge in [-0.2, -0.15) is 5.90 Å². The van der Waals surface area contributed by atoms with E-state index in [2.05, 4.69) is 4.84 Å². The van der Waals surface area contributed by atoms with Crippen molar-refractivity contribution in [3.63, 3.8) is 0 Å². The molecule has 40 valence electrons. The van der Waals surface area contributed by atoms with Crippen molar-refractivity contribution in [2.45, 2.75) is 19.3 Å². The molecule has 0 saturated carbocycles. The lowest BCUT2D eigenvalue weighted by atomic mass is 10.4. The molecule has 0 unspecified atom stereocenters. The standard InChI is InChI=1S/C5H9NO/c6-7-5-3-1-2-4-5/h3H,1-2,4,6H2. The molecule has 0 aliphatic heterocycles. The van der Waals surface area contributed by atoms with Gasteiger partial charge in [0.05, 0.1) is 0 Å². The van der Waals surface area contributed by atoms with Crippen molar-refractivity contribution in [3.8, 4) is 0 Å². The van der Waals surface area contributed by atoms with Crippen molar-refractivity contribution < 1.29 is 4.84 Å². The monoisotopic (exact) mass is 99.1 g/mol. The molecule has 0 aromatic rings. The van der Waals surface area contributed by atoms with Gasteiger partial charge in [0, 0.05) is 6.42 Å². The zero-order valence-corrected chi connectivity index (χ0v) is 4.18. The second kappa shape index (κ2) is 1.98. The Balaban J connectivity index is 2.36. The van der Waals surface area contributed by atoms with Crippen LogP contribution in [0.15, 0.2) is 11.8 Å². The molecule has 1 aliphatic carbocycles. The molecule has 2 nitrogen and oxygen atoms in total. The average molecular weight is 99.1 g/mol. The van der Waals surface area contributed by atoms with E-state index in [4.69, 9.17) is 5.90 Å². The number of rotatable bonds is 1. The molecule has 0 radical (unpaired) electrons. The molecule has 0 amide bonds. The Bertz CT molecular complexity index is 88.1. The molecule has 1 rings (SSSR count). The van der Waals surface area contributed by atoms with Crippen LogP contribution in [0.4, 0.5) is 0 Å². The smallest absolute Gasteiger partial charge is 0.119 e. The summed E-state index contributed by atoms with van der Waals surface area (Å²) in [6.07, 6.45) is 5.38. The van der Waals surface area contributed by atoms with Crippen LogP contribution in [0, 0.1) is 0 Å². The highest BCUT2D eigenvalue weighted by Gasteiger charge is 2.02. The van der Waals surface area contributed by atoms with Gasteiger partial charge in [-0.15, -0.1) is 0 Å². The number of hydrogen-bond donors (Lipinski definition) is 1. The van der Waals surface area contributed by atoms with Crippen LogP contribution in [0.3, 0.4) is 0 Å². The molecule has 0 aromatic heterocycles. The Kier molecular flexibility index (Phi) is 1.32. The van der Waals surface area contributed by atoms with Gasteiger partial charge in [-0.3, -0.25) is 0 Å². The third-order valence-corrected chi connectivity index (χ3v) is 1.15. The maximum Gasteiger partial charge on any atom is 0.119 e. The summed E-state index contributed by atoms with van der Waals surface area (Å²) < 4.78 is 0. The van der Waals surface area contributed by atoms with E-state index in [9.17, 15) is 0 Å². The third kappa shape index (κ3) is 0.933. The Morgan fingerprint density at radius 1 is 1.71 bits per heavy atom. The summed E-state index contributed by atoms with van der Waals surface area (Å²) in [4.78, 5) is 4.47. The van der Waals surface area contributed by atoms with Crippen molar-refractivity contribution in [1.82, 2.24) is 0 Å². The summed E-state index contributed by atoms with van der Waals surface area (Å²) in [5.74, 6) is 5.81. The van der Waals surface area contributed by atoms with E-state index < -0.39 is 0 Å². The van der Waals surface area contributed by atoms with Gasteiger partial charge in [-0.1, -0.05) is 0 Å². The second-order valence-corrected chi connectivity index (χ2v) is 1.68. The normalized spacial score (nSPS) is 19.3. The average Bonchev–Trinajstić information content (AvgIpc) is 2.14. The Hall–Kier alpha value is -0.500. The van der Waals surface area contributed by atoms with Crippen LogP contribution in [0.5, 0.6) is 0 Å². The number of hydrogen-bond acceptors (Lipinski definition) is 2. The molecular formula is C5H9NO. The predicted octanol–water partition coefficient (Wildman–Crippen LogP) is 0.945. The van der Waals surface area contributed by atoms with Crippen molar-refractivity contribution in [2.24, 2.45) is 5.90 Å². The highest BCUT2D eigenvalue weighted by atomic mass is 16.6. The SMILES string of the molecule is NOC1=CCCC1. The highest BCUT2D eigenvalue weighted by Crippen LogP contribution is 2.15. The van der Waals surface area contributed by atoms with Crippen molar-refractivity contribution in [1.29, 1.82) is 0 Å². The summed E-state index contributed by atoms with van der Waals surface area (Å²) in [6, 6.07) is 0. The van der Waals surface area contributed by atoms with Gasteiger partial charge in [0.15, 0.2) is 0 Å². The molecule has 7 heavy (non-hydrogen) atoms. The molecule has 1 aliphatic rings. The third-order valence-electron chi connectivity index (χ3n) is 1.15. The zero-order chi connectivity index (χ0) is 5.11. The van der Waals surface area contributed by atoms with Gasteiger partial charge >= 0.3 is 0 Å². The van der Waals surface area contributed by atoms with Crippen LogP contribution < -0.4 is 5.90 Å². The van der Waals surface area contributed by atoms with Gasteiger partial charge in [0.1, 0.15) is 5.76 Å². The highest BCUT2D eigenvalue weighted by molar-refractivity contribution is 4.98. The maximum absolute atomic E-state index is 4.87. The Morgan fingerprint density at radius 2 is 2.57 bits per heavy atom. The lowest BCUT2D eigenvalue weighted by Crippen LogP contribution is -1.95. The fourth-order valence-electron chi connectivity index (χ4n) is 0.748. The lowest BCUT2D eigenvalue weighted by Gasteiger charge is -1.92. The molecule has 0 aromatic carbocycles. The summed E-state index contributed by atoms with van der Waals surface area (Å²) in [7, 11) is 0. The van der Waals surface area contributed by atoms with Gasteiger partial charge in [-0.05, 0) is 18.9 Å². The van der Waals surface area contributed by atoms with E-state index in [0.717, 1.165) is 18.6 Å². The fourth-order valence-corrected chi connectivity index (χ4v) is 0.748. The first kappa shape index (κ1) is 4.65. The quantitative estimate of drug-likeness (QED) is 0.496. The minimum atomic E-state index is 0.944. The van der Waals surface area contributed by atoms with E-state index >= 15 is 0 Å². The summed E-state index contributed by atoms with van der Waals surface area (Å²) in [5, 5.41) is 0. The first-order chi connectivity index (χ1) is 3.43. The number of nitrogens with two attached hydrogens (primary N) is 1. The van der Waals surface area contributed by atoms with Crippen molar-refractivity contribution >= 4 is 0 Å². The molecule has 0 heterocycles. The molecule has 0 spiro atoms. The van der Waals surface area contributed by atoms with E-state index in [1.54, 1.807) is 0 Å². The lowest BCUT2D eigenvalue weighted by molar-refractivity contribution is 0.214. The molecule has 0 fully saturated rings. The first-order valence-electron chi connectivity index (χ1n) is 2.49. The van der Waals surface area contributed by atoms with E-state index in [1.807, 2.05) is 6.08 Å². The van der Waals surface area contributed by atoms with E-state index in [0.29, 0.717) is 0 Å². The Morgan fingerprint density at radius 3 is 2.86 bits per heavy atom. The fraction of sp³-hybridized carbons (Fsp3) is 0.600.